The van der Waals surface area contributed by atoms with Gasteiger partial charge in [-0.3, -0.25) is 14.3 Å². The first-order chi connectivity index (χ1) is 14.5. The van der Waals surface area contributed by atoms with Crippen LogP contribution < -0.4 is 10.9 Å². The Morgan fingerprint density at radius 2 is 1.93 bits per heavy atom. The van der Waals surface area contributed by atoms with Crippen molar-refractivity contribution in [2.45, 2.75) is 33.9 Å². The molecule has 0 radical (unpaired) electrons. The number of aromatic nitrogens is 5. The molecule has 0 aliphatic heterocycles. The molecular weight excluding hydrogens is 380 g/mol. The van der Waals surface area contributed by atoms with E-state index < -0.39 is 0 Å². The molecule has 0 aliphatic carbocycles. The molecule has 4 aromatic rings. The van der Waals surface area contributed by atoms with Gasteiger partial charge < -0.3 is 9.88 Å². The molecule has 0 fully saturated rings. The molecule has 0 unspecified atom stereocenters. The summed E-state index contributed by atoms with van der Waals surface area (Å²) >= 11 is 0. The van der Waals surface area contributed by atoms with Gasteiger partial charge in [-0.25, -0.2) is 4.52 Å². The summed E-state index contributed by atoms with van der Waals surface area (Å²) in [5, 5.41) is 11.5. The van der Waals surface area contributed by atoms with Gasteiger partial charge in [0.05, 0.1) is 5.69 Å². The highest BCUT2D eigenvalue weighted by atomic mass is 16.2. The lowest BCUT2D eigenvalue weighted by atomic mass is 10.0. The molecule has 3 aromatic heterocycles. The van der Waals surface area contributed by atoms with E-state index in [9.17, 15) is 9.59 Å². The zero-order chi connectivity index (χ0) is 21.3. The van der Waals surface area contributed by atoms with Gasteiger partial charge in [0.15, 0.2) is 0 Å². The number of rotatable bonds is 6. The Hall–Kier alpha value is -3.68. The lowest BCUT2D eigenvalue weighted by molar-refractivity contribution is 0.0941. The molecule has 0 saturated carbocycles. The highest BCUT2D eigenvalue weighted by molar-refractivity contribution is 5.92. The van der Waals surface area contributed by atoms with Crippen molar-refractivity contribution in [1.82, 2.24) is 29.3 Å². The number of hydrogen-bond donors (Lipinski definition) is 1. The average molecular weight is 404 g/mol. The summed E-state index contributed by atoms with van der Waals surface area (Å²) in [4.78, 5) is 25.2. The summed E-state index contributed by atoms with van der Waals surface area (Å²) in [6.45, 7) is 7.37. The van der Waals surface area contributed by atoms with E-state index >= 15 is 0 Å². The maximum Gasteiger partial charge on any atom is 0.276 e. The molecule has 154 valence electrons. The van der Waals surface area contributed by atoms with Crippen molar-refractivity contribution in [3.63, 3.8) is 0 Å². The maximum absolute atomic E-state index is 12.9. The Labute approximate surface area is 173 Å². The number of amides is 1. The molecule has 1 N–H and O–H groups in total. The second-order valence-electron chi connectivity index (χ2n) is 7.24. The van der Waals surface area contributed by atoms with E-state index in [1.54, 1.807) is 44.5 Å². The van der Waals surface area contributed by atoms with Crippen molar-refractivity contribution < 1.29 is 4.79 Å². The van der Waals surface area contributed by atoms with Crippen LogP contribution in [-0.2, 0) is 13.1 Å². The van der Waals surface area contributed by atoms with Crippen LogP contribution in [0.5, 0.6) is 0 Å². The number of aryl methyl sites for hydroxylation is 3. The molecule has 4 rings (SSSR count). The Morgan fingerprint density at radius 3 is 2.70 bits per heavy atom. The van der Waals surface area contributed by atoms with Crippen LogP contribution in [0.2, 0.25) is 0 Å². The lowest BCUT2D eigenvalue weighted by Crippen LogP contribution is -2.32. The third kappa shape index (κ3) is 3.63. The third-order valence-electron chi connectivity index (χ3n) is 5.29. The fraction of sp³-hybridized carbons (Fsp3) is 0.273. The van der Waals surface area contributed by atoms with Crippen LogP contribution >= 0.6 is 0 Å². The highest BCUT2D eigenvalue weighted by Gasteiger charge is 2.12. The summed E-state index contributed by atoms with van der Waals surface area (Å²) < 4.78 is 4.81. The number of fused-ring (bicyclic) bond motifs is 1. The summed E-state index contributed by atoms with van der Waals surface area (Å²) in [5.41, 5.74) is 5.00. The predicted molar refractivity (Wildman–Crippen MR) is 115 cm³/mol. The average Bonchev–Trinajstić information content (AvgIpc) is 3.39. The lowest BCUT2D eigenvalue weighted by Gasteiger charge is -2.08. The smallest absolute Gasteiger partial charge is 0.276 e. The van der Waals surface area contributed by atoms with E-state index in [0.29, 0.717) is 30.8 Å². The second-order valence-corrected chi connectivity index (χ2v) is 7.24. The van der Waals surface area contributed by atoms with Crippen molar-refractivity contribution in [3.05, 3.63) is 76.1 Å². The number of nitrogens with zero attached hydrogens (tertiary/aromatic N) is 5. The summed E-state index contributed by atoms with van der Waals surface area (Å²) in [5.74, 6) is -0.204. The van der Waals surface area contributed by atoms with Gasteiger partial charge in [0.2, 0.25) is 0 Å². The van der Waals surface area contributed by atoms with E-state index in [0.717, 1.165) is 11.3 Å². The molecule has 0 atom stereocenters. The minimum Gasteiger partial charge on any atom is -0.349 e. The molecule has 1 amide bonds. The van der Waals surface area contributed by atoms with Crippen molar-refractivity contribution in [1.29, 1.82) is 0 Å². The van der Waals surface area contributed by atoms with Crippen LogP contribution in [0.15, 0.2) is 53.7 Å². The van der Waals surface area contributed by atoms with E-state index in [-0.39, 0.29) is 11.5 Å². The second kappa shape index (κ2) is 7.98. The Morgan fingerprint density at radius 1 is 1.10 bits per heavy atom. The van der Waals surface area contributed by atoms with Crippen molar-refractivity contribution in [2.24, 2.45) is 0 Å². The summed E-state index contributed by atoms with van der Waals surface area (Å²) in [6.07, 6.45) is 5.05. The molecule has 8 heteroatoms. The molecule has 0 aliphatic rings. The van der Waals surface area contributed by atoms with Gasteiger partial charge in [0.1, 0.15) is 11.2 Å². The fourth-order valence-corrected chi connectivity index (χ4v) is 3.40. The van der Waals surface area contributed by atoms with Gasteiger partial charge in [-0.15, -0.1) is 0 Å². The first-order valence-corrected chi connectivity index (χ1v) is 9.94. The van der Waals surface area contributed by atoms with Crippen molar-refractivity contribution >= 4 is 11.4 Å². The first kappa shape index (κ1) is 19.6. The van der Waals surface area contributed by atoms with Crippen molar-refractivity contribution in [2.75, 3.05) is 6.54 Å². The van der Waals surface area contributed by atoms with Gasteiger partial charge in [-0.05, 0) is 50.1 Å². The molecule has 0 bridgehead atoms. The number of hydrogen-bond acceptors (Lipinski definition) is 4. The zero-order valence-corrected chi connectivity index (χ0v) is 17.3. The molecule has 0 saturated heterocycles. The molecule has 0 spiro atoms. The van der Waals surface area contributed by atoms with Gasteiger partial charge in [0, 0.05) is 43.8 Å². The monoisotopic (exact) mass is 404 g/mol. The molecule has 1 aromatic carbocycles. The van der Waals surface area contributed by atoms with E-state index in [4.69, 9.17) is 0 Å². The van der Waals surface area contributed by atoms with Crippen LogP contribution in [-0.4, -0.2) is 36.4 Å². The van der Waals surface area contributed by atoms with E-state index in [1.165, 1.54) is 11.1 Å². The van der Waals surface area contributed by atoms with Crippen LogP contribution in [0.3, 0.4) is 0 Å². The van der Waals surface area contributed by atoms with Crippen LogP contribution in [0, 0.1) is 13.8 Å². The Kier molecular flexibility index (Phi) is 5.22. The molecule has 3 heterocycles. The third-order valence-corrected chi connectivity index (χ3v) is 5.29. The quantitative estimate of drug-likeness (QED) is 0.535. The minimum absolute atomic E-state index is 0.145. The normalized spacial score (nSPS) is 11.2. The summed E-state index contributed by atoms with van der Waals surface area (Å²) in [7, 11) is 0. The highest BCUT2D eigenvalue weighted by Crippen LogP contribution is 2.21. The SMILES string of the molecule is CCn1nccc1C(=O)NCCn1ccn2nc(-c3ccc(C)c(C)c3)cc2c1=O. The van der Waals surface area contributed by atoms with Crippen molar-refractivity contribution in [3.8, 4) is 11.3 Å². The Balaban J connectivity index is 1.51. The molecule has 8 nitrogen and oxygen atoms in total. The largest absolute Gasteiger partial charge is 0.349 e. The number of benzene rings is 1. The van der Waals surface area contributed by atoms with Gasteiger partial charge in [0.25, 0.3) is 11.5 Å². The van der Waals surface area contributed by atoms with Crippen LogP contribution in [0.4, 0.5) is 0 Å². The van der Waals surface area contributed by atoms with Gasteiger partial charge in [-0.2, -0.15) is 10.2 Å². The number of carbonyl (C=O) groups is 1. The van der Waals surface area contributed by atoms with Crippen LogP contribution in [0.25, 0.3) is 16.8 Å². The number of carbonyl (C=O) groups excluding carboxylic acids is 1. The zero-order valence-electron chi connectivity index (χ0n) is 17.3. The maximum atomic E-state index is 12.9. The minimum atomic E-state index is -0.204. The van der Waals surface area contributed by atoms with E-state index in [1.807, 2.05) is 13.0 Å². The molecule has 30 heavy (non-hydrogen) atoms. The van der Waals surface area contributed by atoms with Crippen LogP contribution in [0.1, 0.15) is 28.5 Å². The first-order valence-electron chi connectivity index (χ1n) is 9.94. The number of nitrogens with one attached hydrogen (secondary N) is 1. The summed E-state index contributed by atoms with van der Waals surface area (Å²) in [6, 6.07) is 9.63. The topological polar surface area (TPSA) is 86.2 Å². The van der Waals surface area contributed by atoms with Gasteiger partial charge in [-0.1, -0.05) is 12.1 Å². The standard InChI is InChI=1S/C22H24N6O2/c1-4-27-19(7-8-24-27)21(29)23-9-10-26-11-12-28-20(22(26)30)14-18(25-28)17-6-5-15(2)16(3)13-17/h5-8,11-14H,4,9-10H2,1-3H3,(H,23,29). The molecular formula is C22H24N6O2. The Bertz CT molecular complexity index is 1280. The van der Waals surface area contributed by atoms with Gasteiger partial charge >= 0.3 is 0 Å². The predicted octanol–water partition coefficient (Wildman–Crippen LogP) is 2.43. The fourth-order valence-electron chi connectivity index (χ4n) is 3.40. The van der Waals surface area contributed by atoms with E-state index in [2.05, 4.69) is 41.5 Å².